The monoisotopic (exact) mass is 297 g/mol. The van der Waals surface area contributed by atoms with Crippen molar-refractivity contribution in [2.24, 2.45) is 0 Å². The third kappa shape index (κ3) is 1.95. The van der Waals surface area contributed by atoms with Gasteiger partial charge in [-0.1, -0.05) is 39.0 Å². The molecule has 0 saturated heterocycles. The molecule has 3 heteroatoms. The van der Waals surface area contributed by atoms with Crippen molar-refractivity contribution in [2.75, 3.05) is 0 Å². The van der Waals surface area contributed by atoms with Crippen LogP contribution < -0.4 is 0 Å². The first-order valence-corrected chi connectivity index (χ1v) is 8.25. The van der Waals surface area contributed by atoms with Crippen LogP contribution in [-0.4, -0.2) is 16.7 Å². The summed E-state index contributed by atoms with van der Waals surface area (Å²) >= 11 is 0. The lowest BCUT2D eigenvalue weighted by Crippen LogP contribution is -2.34. The Morgan fingerprint density at radius 3 is 2.27 bits per heavy atom. The van der Waals surface area contributed by atoms with Crippen LogP contribution in [0.2, 0.25) is 0 Å². The van der Waals surface area contributed by atoms with Gasteiger partial charge in [0, 0.05) is 12.2 Å². The minimum absolute atomic E-state index is 0.0791. The van der Waals surface area contributed by atoms with Gasteiger partial charge < -0.3 is 0 Å². The minimum atomic E-state index is -0.175. The first-order chi connectivity index (χ1) is 10.6. The first-order valence-electron chi connectivity index (χ1n) is 8.25. The van der Waals surface area contributed by atoms with E-state index < -0.39 is 0 Å². The summed E-state index contributed by atoms with van der Waals surface area (Å²) in [5, 5.41) is 0. The number of carbonyl (C=O) groups is 2. The number of hydrogen-bond donors (Lipinski definition) is 0. The number of fused-ring (bicyclic) bond motifs is 1. The molecule has 1 aromatic rings. The molecule has 22 heavy (non-hydrogen) atoms. The number of benzene rings is 1. The van der Waals surface area contributed by atoms with Gasteiger partial charge in [-0.2, -0.15) is 0 Å². The highest BCUT2D eigenvalue weighted by molar-refractivity contribution is 6.13. The average Bonchev–Trinajstić information content (AvgIpc) is 3.05. The summed E-state index contributed by atoms with van der Waals surface area (Å²) in [6.07, 6.45) is 6.69. The van der Waals surface area contributed by atoms with E-state index in [4.69, 9.17) is 0 Å². The summed E-state index contributed by atoms with van der Waals surface area (Å²) in [5.74, 6) is -0.350. The predicted octanol–water partition coefficient (Wildman–Crippen LogP) is 3.68. The molecule has 3 nitrogen and oxygen atoms in total. The molecule has 0 unspecified atom stereocenters. The molecule has 0 aromatic heterocycles. The highest BCUT2D eigenvalue weighted by atomic mass is 16.2. The van der Waals surface area contributed by atoms with E-state index in [9.17, 15) is 9.59 Å². The fourth-order valence-corrected chi connectivity index (χ4v) is 4.26. The lowest BCUT2D eigenvalue weighted by molar-refractivity contribution is -0.139. The Kier molecular flexibility index (Phi) is 3.67. The molecule has 0 N–H and O–H groups in total. The van der Waals surface area contributed by atoms with Crippen molar-refractivity contribution in [3.05, 3.63) is 47.0 Å². The molecule has 2 aliphatic rings. The number of imide groups is 1. The maximum absolute atomic E-state index is 12.1. The van der Waals surface area contributed by atoms with E-state index in [0.717, 1.165) is 25.7 Å². The lowest BCUT2D eigenvalue weighted by Gasteiger charge is -2.30. The standard InChI is InChI=1S/C19H23NO2/c1-4-13-8-7-9-14-15(20-16(21)10-11-17(20)22)12-19(5-2,6-3)18(13)14/h7-11,15H,4-6,12H2,1-3H3/t15-/m0/s1. The Bertz CT molecular complexity index is 637. The molecule has 1 aliphatic carbocycles. The van der Waals surface area contributed by atoms with Crippen molar-refractivity contribution in [1.82, 2.24) is 4.90 Å². The van der Waals surface area contributed by atoms with Gasteiger partial charge in [0.2, 0.25) is 0 Å². The number of nitrogens with zero attached hydrogens (tertiary/aromatic N) is 1. The topological polar surface area (TPSA) is 37.4 Å². The summed E-state index contributed by atoms with van der Waals surface area (Å²) < 4.78 is 0. The summed E-state index contributed by atoms with van der Waals surface area (Å²) in [6.45, 7) is 6.61. The van der Waals surface area contributed by atoms with Gasteiger partial charge in [0.05, 0.1) is 6.04 Å². The molecule has 1 atom stereocenters. The quantitative estimate of drug-likeness (QED) is 0.795. The smallest absolute Gasteiger partial charge is 0.254 e. The molecule has 0 fully saturated rings. The largest absolute Gasteiger partial charge is 0.269 e. The van der Waals surface area contributed by atoms with E-state index in [1.54, 1.807) is 0 Å². The SMILES string of the molecule is CCc1cccc2c1C(CC)(CC)C[C@@H]2N1C(=O)C=CC1=O. The van der Waals surface area contributed by atoms with Crippen LogP contribution >= 0.6 is 0 Å². The Labute approximate surface area is 132 Å². The molecule has 0 radical (unpaired) electrons. The third-order valence-electron chi connectivity index (χ3n) is 5.55. The summed E-state index contributed by atoms with van der Waals surface area (Å²) in [7, 11) is 0. The normalized spacial score (nSPS) is 22.5. The molecule has 2 amide bonds. The summed E-state index contributed by atoms with van der Waals surface area (Å²) in [4.78, 5) is 25.7. The van der Waals surface area contributed by atoms with Crippen molar-refractivity contribution in [1.29, 1.82) is 0 Å². The number of hydrogen-bond acceptors (Lipinski definition) is 2. The lowest BCUT2D eigenvalue weighted by atomic mass is 9.75. The zero-order valence-electron chi connectivity index (χ0n) is 13.6. The van der Waals surface area contributed by atoms with E-state index in [2.05, 4.69) is 39.0 Å². The second-order valence-corrected chi connectivity index (χ2v) is 6.32. The van der Waals surface area contributed by atoms with Gasteiger partial charge in [0.15, 0.2) is 0 Å². The molecule has 0 bridgehead atoms. The Balaban J connectivity index is 2.15. The van der Waals surface area contributed by atoms with Gasteiger partial charge in [-0.05, 0) is 47.8 Å². The van der Waals surface area contributed by atoms with E-state index in [0.29, 0.717) is 0 Å². The number of aryl methyl sites for hydroxylation is 1. The van der Waals surface area contributed by atoms with Crippen molar-refractivity contribution < 1.29 is 9.59 Å². The summed E-state index contributed by atoms with van der Waals surface area (Å²) in [6, 6.07) is 6.24. The zero-order chi connectivity index (χ0) is 15.9. The second-order valence-electron chi connectivity index (χ2n) is 6.32. The molecule has 116 valence electrons. The van der Waals surface area contributed by atoms with Crippen LogP contribution in [0.5, 0.6) is 0 Å². The van der Waals surface area contributed by atoms with Crippen molar-refractivity contribution >= 4 is 11.8 Å². The highest BCUT2D eigenvalue weighted by Gasteiger charge is 2.47. The van der Waals surface area contributed by atoms with Gasteiger partial charge in [0.1, 0.15) is 0 Å². The number of rotatable bonds is 4. The van der Waals surface area contributed by atoms with Crippen molar-refractivity contribution in [3.63, 3.8) is 0 Å². The Hall–Kier alpha value is -1.90. The summed E-state index contributed by atoms with van der Waals surface area (Å²) in [5.41, 5.74) is 4.00. The maximum atomic E-state index is 12.1. The van der Waals surface area contributed by atoms with Gasteiger partial charge in [0.25, 0.3) is 11.8 Å². The van der Waals surface area contributed by atoms with Gasteiger partial charge in [-0.25, -0.2) is 0 Å². The fraction of sp³-hybridized carbons (Fsp3) is 0.474. The Morgan fingerprint density at radius 1 is 1.09 bits per heavy atom. The van der Waals surface area contributed by atoms with Crippen LogP contribution in [0.1, 0.15) is 62.8 Å². The number of carbonyl (C=O) groups excluding carboxylic acids is 2. The van der Waals surface area contributed by atoms with Gasteiger partial charge in [-0.3, -0.25) is 14.5 Å². The van der Waals surface area contributed by atoms with Crippen LogP contribution in [0, 0.1) is 0 Å². The average molecular weight is 297 g/mol. The zero-order valence-corrected chi connectivity index (χ0v) is 13.6. The van der Waals surface area contributed by atoms with E-state index >= 15 is 0 Å². The van der Waals surface area contributed by atoms with Crippen LogP contribution in [0.4, 0.5) is 0 Å². The fourth-order valence-electron chi connectivity index (χ4n) is 4.26. The molecule has 0 saturated carbocycles. The number of amides is 2. The molecular weight excluding hydrogens is 274 g/mol. The molecule has 1 aromatic carbocycles. The van der Waals surface area contributed by atoms with Crippen LogP contribution in [0.15, 0.2) is 30.4 Å². The Morgan fingerprint density at radius 2 is 1.73 bits per heavy atom. The van der Waals surface area contributed by atoms with Gasteiger partial charge >= 0.3 is 0 Å². The molecule has 1 aliphatic heterocycles. The minimum Gasteiger partial charge on any atom is -0.269 e. The molecular formula is C19H23NO2. The molecule has 1 heterocycles. The molecule has 0 spiro atoms. The maximum Gasteiger partial charge on any atom is 0.254 e. The van der Waals surface area contributed by atoms with E-state index in [-0.39, 0.29) is 23.3 Å². The van der Waals surface area contributed by atoms with Crippen LogP contribution in [-0.2, 0) is 21.4 Å². The van der Waals surface area contributed by atoms with Gasteiger partial charge in [-0.15, -0.1) is 0 Å². The van der Waals surface area contributed by atoms with E-state index in [1.807, 2.05) is 0 Å². The highest BCUT2D eigenvalue weighted by Crippen LogP contribution is 2.53. The van der Waals surface area contributed by atoms with E-state index in [1.165, 1.54) is 33.7 Å². The predicted molar refractivity (Wildman–Crippen MR) is 86.4 cm³/mol. The molecule has 3 rings (SSSR count). The van der Waals surface area contributed by atoms with Crippen molar-refractivity contribution in [3.8, 4) is 0 Å². The third-order valence-corrected chi connectivity index (χ3v) is 5.55. The van der Waals surface area contributed by atoms with Crippen molar-refractivity contribution in [2.45, 2.75) is 57.9 Å². The first kappa shape index (κ1) is 15.0. The second kappa shape index (κ2) is 5.38. The van der Waals surface area contributed by atoms with Crippen LogP contribution in [0.3, 0.4) is 0 Å². The van der Waals surface area contributed by atoms with Crippen LogP contribution in [0.25, 0.3) is 0 Å².